The van der Waals surface area contributed by atoms with E-state index in [4.69, 9.17) is 4.79 Å². The van der Waals surface area contributed by atoms with Gasteiger partial charge in [0.15, 0.2) is 0 Å². The summed E-state index contributed by atoms with van der Waals surface area (Å²) in [5.74, 6) is 3.86. The molecule has 0 saturated heterocycles. The molecule has 0 unspecified atom stereocenters. The summed E-state index contributed by atoms with van der Waals surface area (Å²) in [7, 11) is 1.98. The highest BCUT2D eigenvalue weighted by Gasteiger charge is 2.31. The van der Waals surface area contributed by atoms with Crippen molar-refractivity contribution in [2.45, 2.75) is 96.8 Å². The molecule has 0 aliphatic heterocycles. The lowest BCUT2D eigenvalue weighted by atomic mass is 9.68. The average Bonchev–Trinajstić information content (AvgIpc) is 2.94. The first-order chi connectivity index (χ1) is 17.6. The van der Waals surface area contributed by atoms with E-state index in [-0.39, 0.29) is 0 Å². The molecule has 2 aliphatic carbocycles. The standard InChI is InChI=1S/C31H45N.C3H4O/c1-4-5-6-7-24-8-10-25(11-9-24)26-12-14-27(15-13-26)29-18-21-31(23(2)22-29)28-16-19-30(32-3)20-17-28;1-2-3-4/h16-22,24-27,32H,4-15H2,1-3H3;2-3H,1H2. The fourth-order valence-corrected chi connectivity index (χ4v) is 6.64. The number of aryl methyl sites for hydroxylation is 1. The molecule has 2 fully saturated rings. The maximum Gasteiger partial charge on any atom is 0.142 e. The molecular weight excluding hydrogens is 438 g/mol. The first-order valence-electron chi connectivity index (χ1n) is 14.5. The lowest BCUT2D eigenvalue weighted by molar-refractivity contribution is -0.104. The second-order valence-corrected chi connectivity index (χ2v) is 11.2. The van der Waals surface area contributed by atoms with Crippen LogP contribution in [0, 0.1) is 24.7 Å². The maximum atomic E-state index is 9.06. The molecular formula is C34H49NO. The van der Waals surface area contributed by atoms with E-state index in [1.54, 1.807) is 5.56 Å². The van der Waals surface area contributed by atoms with Gasteiger partial charge in [-0.15, -0.1) is 0 Å². The zero-order chi connectivity index (χ0) is 25.8. The summed E-state index contributed by atoms with van der Waals surface area (Å²) in [5, 5.41) is 3.21. The predicted octanol–water partition coefficient (Wildman–Crippen LogP) is 9.74. The van der Waals surface area contributed by atoms with Crippen LogP contribution in [-0.2, 0) is 4.79 Å². The number of carbonyl (C=O) groups is 1. The zero-order valence-electron chi connectivity index (χ0n) is 23.1. The lowest BCUT2D eigenvalue weighted by Crippen LogP contribution is -2.25. The SMILES string of the molecule is C=CC=O.CCCCCC1CCC(C2CCC(c3ccc(-c4ccc(NC)cc4)c(C)c3)CC2)CC1. The van der Waals surface area contributed by atoms with Gasteiger partial charge >= 0.3 is 0 Å². The van der Waals surface area contributed by atoms with Crippen molar-refractivity contribution in [3.63, 3.8) is 0 Å². The summed E-state index contributed by atoms with van der Waals surface area (Å²) in [6.07, 6.45) is 19.4. The number of carbonyl (C=O) groups excluding carboxylic acids is 1. The molecule has 0 radical (unpaired) electrons. The van der Waals surface area contributed by atoms with Crippen molar-refractivity contribution in [2.24, 2.45) is 17.8 Å². The zero-order valence-corrected chi connectivity index (χ0v) is 23.1. The number of hydrogen-bond donors (Lipinski definition) is 1. The van der Waals surface area contributed by atoms with Crippen molar-refractivity contribution >= 4 is 12.0 Å². The molecule has 1 N–H and O–H groups in total. The fraction of sp³-hybridized carbons (Fsp3) is 0.559. The molecule has 196 valence electrons. The number of nitrogens with one attached hydrogen (secondary N) is 1. The Hall–Kier alpha value is -2.35. The highest BCUT2D eigenvalue weighted by molar-refractivity contribution is 5.69. The molecule has 0 spiro atoms. The van der Waals surface area contributed by atoms with Gasteiger partial charge in [0.05, 0.1) is 0 Å². The van der Waals surface area contributed by atoms with E-state index in [1.807, 2.05) is 7.05 Å². The molecule has 0 atom stereocenters. The van der Waals surface area contributed by atoms with Gasteiger partial charge in [-0.2, -0.15) is 0 Å². The second-order valence-electron chi connectivity index (χ2n) is 11.2. The summed E-state index contributed by atoms with van der Waals surface area (Å²) in [4.78, 5) is 9.06. The van der Waals surface area contributed by atoms with Gasteiger partial charge in [-0.05, 0) is 110 Å². The molecule has 2 aliphatic rings. The van der Waals surface area contributed by atoms with E-state index in [0.29, 0.717) is 6.29 Å². The Balaban J connectivity index is 0.000000840. The Labute approximate surface area is 221 Å². The van der Waals surface area contributed by atoms with Gasteiger partial charge in [0.1, 0.15) is 6.29 Å². The Morgan fingerprint density at radius 3 is 2.03 bits per heavy atom. The van der Waals surface area contributed by atoms with Crippen LogP contribution in [0.1, 0.15) is 101 Å². The smallest absolute Gasteiger partial charge is 0.142 e. The molecule has 0 bridgehead atoms. The number of hydrogen-bond acceptors (Lipinski definition) is 2. The summed E-state index contributed by atoms with van der Waals surface area (Å²) in [6.45, 7) is 7.72. The van der Waals surface area contributed by atoms with Crippen LogP contribution in [0.15, 0.2) is 55.1 Å². The van der Waals surface area contributed by atoms with Crippen molar-refractivity contribution in [3.05, 3.63) is 66.2 Å². The molecule has 4 rings (SSSR count). The Morgan fingerprint density at radius 2 is 1.50 bits per heavy atom. The van der Waals surface area contributed by atoms with Gasteiger partial charge in [-0.3, -0.25) is 4.79 Å². The number of unbranched alkanes of at least 4 members (excludes halogenated alkanes) is 2. The second kappa shape index (κ2) is 15.0. The van der Waals surface area contributed by atoms with Gasteiger partial charge < -0.3 is 5.32 Å². The Morgan fingerprint density at radius 1 is 0.889 bits per heavy atom. The molecule has 0 aromatic heterocycles. The maximum absolute atomic E-state index is 9.06. The molecule has 2 aromatic carbocycles. The van der Waals surface area contributed by atoms with Crippen LogP contribution in [0.25, 0.3) is 11.1 Å². The predicted molar refractivity (Wildman–Crippen MR) is 157 cm³/mol. The number of benzene rings is 2. The van der Waals surface area contributed by atoms with Crippen LogP contribution in [0.3, 0.4) is 0 Å². The number of anilines is 1. The van der Waals surface area contributed by atoms with Crippen molar-refractivity contribution in [3.8, 4) is 11.1 Å². The van der Waals surface area contributed by atoms with Crippen molar-refractivity contribution in [1.82, 2.24) is 0 Å². The third kappa shape index (κ3) is 8.08. The fourth-order valence-electron chi connectivity index (χ4n) is 6.64. The van der Waals surface area contributed by atoms with Crippen LogP contribution in [-0.4, -0.2) is 13.3 Å². The van der Waals surface area contributed by atoms with Gasteiger partial charge in [0.25, 0.3) is 0 Å². The van der Waals surface area contributed by atoms with Crippen molar-refractivity contribution < 1.29 is 4.79 Å². The van der Waals surface area contributed by atoms with E-state index in [1.165, 1.54) is 106 Å². The van der Waals surface area contributed by atoms with Crippen LogP contribution in [0.4, 0.5) is 5.69 Å². The largest absolute Gasteiger partial charge is 0.388 e. The van der Waals surface area contributed by atoms with Crippen LogP contribution < -0.4 is 5.32 Å². The Kier molecular flexibility index (Phi) is 11.8. The molecule has 2 saturated carbocycles. The minimum Gasteiger partial charge on any atom is -0.388 e. The van der Waals surface area contributed by atoms with E-state index < -0.39 is 0 Å². The lowest BCUT2D eigenvalue weighted by Gasteiger charge is -2.38. The minimum absolute atomic E-state index is 0.639. The molecule has 2 aromatic rings. The number of allylic oxidation sites excluding steroid dienone is 1. The summed E-state index contributed by atoms with van der Waals surface area (Å²) < 4.78 is 0. The molecule has 2 heteroatoms. The Bertz CT molecular complexity index is 909. The van der Waals surface area contributed by atoms with E-state index in [2.05, 4.69) is 68.2 Å². The molecule has 0 heterocycles. The van der Waals surface area contributed by atoms with E-state index in [9.17, 15) is 0 Å². The average molecular weight is 488 g/mol. The third-order valence-electron chi connectivity index (χ3n) is 8.85. The normalized spacial score (nSPS) is 23.8. The first-order valence-corrected chi connectivity index (χ1v) is 14.5. The number of aldehydes is 1. The van der Waals surface area contributed by atoms with E-state index in [0.717, 1.165) is 23.7 Å². The van der Waals surface area contributed by atoms with Crippen LogP contribution in [0.5, 0.6) is 0 Å². The third-order valence-corrected chi connectivity index (χ3v) is 8.85. The van der Waals surface area contributed by atoms with Gasteiger partial charge in [0.2, 0.25) is 0 Å². The quantitative estimate of drug-likeness (QED) is 0.217. The van der Waals surface area contributed by atoms with E-state index >= 15 is 0 Å². The molecule has 2 nitrogen and oxygen atoms in total. The van der Waals surface area contributed by atoms with Gasteiger partial charge in [-0.1, -0.05) is 82.4 Å². The van der Waals surface area contributed by atoms with Crippen molar-refractivity contribution in [2.75, 3.05) is 12.4 Å². The minimum atomic E-state index is 0.639. The summed E-state index contributed by atoms with van der Waals surface area (Å²) >= 11 is 0. The highest BCUT2D eigenvalue weighted by atomic mass is 16.1. The molecule has 0 amide bonds. The highest BCUT2D eigenvalue weighted by Crippen LogP contribution is 2.45. The summed E-state index contributed by atoms with van der Waals surface area (Å²) in [6, 6.07) is 16.1. The van der Waals surface area contributed by atoms with Crippen LogP contribution in [0.2, 0.25) is 0 Å². The van der Waals surface area contributed by atoms with Gasteiger partial charge in [0, 0.05) is 12.7 Å². The number of rotatable bonds is 9. The first kappa shape index (κ1) is 28.2. The van der Waals surface area contributed by atoms with Crippen LogP contribution >= 0.6 is 0 Å². The molecule has 36 heavy (non-hydrogen) atoms. The topological polar surface area (TPSA) is 29.1 Å². The van der Waals surface area contributed by atoms with Gasteiger partial charge in [-0.25, -0.2) is 0 Å². The van der Waals surface area contributed by atoms with Crippen molar-refractivity contribution in [1.29, 1.82) is 0 Å². The monoisotopic (exact) mass is 487 g/mol. The summed E-state index contributed by atoms with van der Waals surface area (Å²) in [5.41, 5.74) is 6.87.